The molecule has 0 atom stereocenters. The van der Waals surface area contributed by atoms with E-state index in [-0.39, 0.29) is 25.0 Å². The van der Waals surface area contributed by atoms with Crippen molar-refractivity contribution in [3.8, 4) is 5.75 Å². The van der Waals surface area contributed by atoms with Crippen molar-refractivity contribution in [2.24, 2.45) is 0 Å². The van der Waals surface area contributed by atoms with Crippen LogP contribution in [0.25, 0.3) is 0 Å². The molecular weight excluding hydrogens is 319 g/mol. The van der Waals surface area contributed by atoms with Gasteiger partial charge in [-0.25, -0.2) is 0 Å². The summed E-state index contributed by atoms with van der Waals surface area (Å²) in [6, 6.07) is 4.73. The van der Waals surface area contributed by atoms with Crippen molar-refractivity contribution in [1.29, 1.82) is 0 Å². The highest BCUT2D eigenvalue weighted by atomic mass is 35.5. The average molecular weight is 335 g/mol. The van der Waals surface area contributed by atoms with Gasteiger partial charge < -0.3 is 20.1 Å². The Morgan fingerprint density at radius 2 is 1.71 bits per heavy atom. The molecule has 0 aliphatic rings. The minimum atomic E-state index is -0.318. The highest BCUT2D eigenvalue weighted by molar-refractivity contribution is 6.35. The van der Waals surface area contributed by atoms with E-state index in [9.17, 15) is 9.59 Å². The minimum Gasteiger partial charge on any atom is -0.482 e. The molecule has 2 N–H and O–H groups in total. The molecule has 0 saturated carbocycles. The van der Waals surface area contributed by atoms with Crippen LogP contribution in [0.15, 0.2) is 18.2 Å². The number of nitrogens with one attached hydrogen (secondary N) is 2. The molecule has 1 aromatic rings. The molecule has 0 bridgehead atoms. The summed E-state index contributed by atoms with van der Waals surface area (Å²) in [5.74, 6) is -0.178. The lowest BCUT2D eigenvalue weighted by Gasteiger charge is -2.09. The number of ether oxygens (including phenoxy) is 2. The third-order valence-electron chi connectivity index (χ3n) is 2.30. The molecule has 0 unspecified atom stereocenters. The first-order valence-electron chi connectivity index (χ1n) is 6.13. The van der Waals surface area contributed by atoms with Gasteiger partial charge in [-0.15, -0.1) is 0 Å². The highest BCUT2D eigenvalue weighted by Gasteiger charge is 2.06. The Labute approximate surface area is 132 Å². The monoisotopic (exact) mass is 334 g/mol. The second-order valence-corrected chi connectivity index (χ2v) is 4.84. The van der Waals surface area contributed by atoms with E-state index < -0.39 is 0 Å². The molecule has 1 rings (SSSR count). The van der Waals surface area contributed by atoms with Crippen molar-refractivity contribution >= 4 is 35.0 Å². The molecular formula is C13H16Cl2N2O4. The van der Waals surface area contributed by atoms with Gasteiger partial charge in [0.2, 0.25) is 5.91 Å². The van der Waals surface area contributed by atoms with Crippen molar-refractivity contribution in [1.82, 2.24) is 10.6 Å². The van der Waals surface area contributed by atoms with Gasteiger partial charge in [0.1, 0.15) is 12.4 Å². The number of methoxy groups -OCH3 is 1. The lowest BCUT2D eigenvalue weighted by atomic mass is 10.3. The smallest absolute Gasteiger partial charge is 0.258 e. The fraction of sp³-hybridized carbons (Fsp3) is 0.385. The Balaban J connectivity index is 2.21. The lowest BCUT2D eigenvalue weighted by molar-refractivity contribution is -0.125. The number of amides is 2. The molecule has 2 amide bonds. The van der Waals surface area contributed by atoms with Crippen LogP contribution in [0, 0.1) is 0 Å². The number of carbonyl (C=O) groups is 2. The lowest BCUT2D eigenvalue weighted by Crippen LogP contribution is -2.37. The van der Waals surface area contributed by atoms with Crippen molar-refractivity contribution in [2.75, 3.05) is 33.4 Å². The molecule has 0 aromatic heterocycles. The van der Waals surface area contributed by atoms with Crippen molar-refractivity contribution in [3.05, 3.63) is 28.2 Å². The van der Waals surface area contributed by atoms with Crippen LogP contribution in [0.5, 0.6) is 5.75 Å². The van der Waals surface area contributed by atoms with E-state index in [1.165, 1.54) is 13.2 Å². The van der Waals surface area contributed by atoms with Gasteiger partial charge >= 0.3 is 0 Å². The molecule has 0 aliphatic heterocycles. The van der Waals surface area contributed by atoms with Gasteiger partial charge in [0, 0.05) is 25.2 Å². The zero-order valence-electron chi connectivity index (χ0n) is 11.4. The largest absolute Gasteiger partial charge is 0.482 e. The van der Waals surface area contributed by atoms with Gasteiger partial charge in [-0.1, -0.05) is 23.2 Å². The molecule has 8 heteroatoms. The zero-order valence-corrected chi connectivity index (χ0v) is 13.0. The van der Waals surface area contributed by atoms with Gasteiger partial charge in [-0.2, -0.15) is 0 Å². The summed E-state index contributed by atoms with van der Waals surface area (Å²) in [7, 11) is 1.43. The fourth-order valence-electron chi connectivity index (χ4n) is 1.37. The maximum absolute atomic E-state index is 11.5. The first-order valence-corrected chi connectivity index (χ1v) is 6.88. The predicted molar refractivity (Wildman–Crippen MR) is 79.9 cm³/mol. The highest BCUT2D eigenvalue weighted by Crippen LogP contribution is 2.27. The second-order valence-electron chi connectivity index (χ2n) is 4.00. The summed E-state index contributed by atoms with van der Waals surface area (Å²) in [5, 5.41) is 5.99. The number of hydrogen-bond acceptors (Lipinski definition) is 4. The molecule has 0 saturated heterocycles. The summed E-state index contributed by atoms with van der Waals surface area (Å²) in [6.45, 7) is 0.432. The first-order chi connectivity index (χ1) is 10.0. The first kappa shape index (κ1) is 17.6. The number of hydrogen-bond donors (Lipinski definition) is 2. The molecule has 0 radical (unpaired) electrons. The Morgan fingerprint density at radius 3 is 2.29 bits per heavy atom. The topological polar surface area (TPSA) is 76.7 Å². The Kier molecular flexibility index (Phi) is 7.89. The third-order valence-corrected chi connectivity index (χ3v) is 2.83. The van der Waals surface area contributed by atoms with Gasteiger partial charge in [0.25, 0.3) is 5.91 Å². The van der Waals surface area contributed by atoms with E-state index in [4.69, 9.17) is 27.9 Å². The van der Waals surface area contributed by atoms with Crippen LogP contribution in [0.1, 0.15) is 0 Å². The summed E-state index contributed by atoms with van der Waals surface area (Å²) in [6.07, 6.45) is 0. The maximum Gasteiger partial charge on any atom is 0.258 e. The average Bonchev–Trinajstić information content (AvgIpc) is 2.43. The standard InChI is InChI=1S/C13H16Cl2N2O4/c1-20-7-12(18)16-4-5-17-13(19)8-21-11-3-2-9(14)6-10(11)15/h2-3,6H,4-5,7-8H2,1H3,(H,16,18)(H,17,19). The van der Waals surface area contributed by atoms with E-state index in [1.54, 1.807) is 12.1 Å². The summed E-state index contributed by atoms with van der Waals surface area (Å²) < 4.78 is 9.91. The van der Waals surface area contributed by atoms with Gasteiger partial charge in [0.05, 0.1) is 5.02 Å². The molecule has 116 valence electrons. The third kappa shape index (κ3) is 7.17. The predicted octanol–water partition coefficient (Wildman–Crippen LogP) is 1.25. The number of rotatable bonds is 8. The Bertz CT molecular complexity index is 497. The minimum absolute atomic E-state index is 0.00781. The maximum atomic E-state index is 11.5. The van der Waals surface area contributed by atoms with E-state index in [1.807, 2.05) is 0 Å². The fourth-order valence-corrected chi connectivity index (χ4v) is 1.84. The van der Waals surface area contributed by atoms with E-state index in [0.717, 1.165) is 0 Å². The summed E-state index contributed by atoms with van der Waals surface area (Å²) in [4.78, 5) is 22.6. The molecule has 21 heavy (non-hydrogen) atoms. The zero-order chi connectivity index (χ0) is 15.7. The molecule has 1 aromatic carbocycles. The Hall–Kier alpha value is -1.50. The van der Waals surface area contributed by atoms with Gasteiger partial charge in [-0.05, 0) is 18.2 Å². The number of benzene rings is 1. The molecule has 6 nitrogen and oxygen atoms in total. The van der Waals surface area contributed by atoms with E-state index in [2.05, 4.69) is 15.4 Å². The number of carbonyl (C=O) groups excluding carboxylic acids is 2. The van der Waals surface area contributed by atoms with Crippen LogP contribution in [0.2, 0.25) is 10.0 Å². The van der Waals surface area contributed by atoms with Crippen molar-refractivity contribution in [3.63, 3.8) is 0 Å². The SMILES string of the molecule is COCC(=O)NCCNC(=O)COc1ccc(Cl)cc1Cl. The quantitative estimate of drug-likeness (QED) is 0.701. The van der Waals surface area contributed by atoms with Crippen LogP contribution < -0.4 is 15.4 Å². The van der Waals surface area contributed by atoms with Crippen molar-refractivity contribution in [2.45, 2.75) is 0 Å². The second kappa shape index (κ2) is 9.44. The van der Waals surface area contributed by atoms with E-state index >= 15 is 0 Å². The molecule has 0 heterocycles. The normalized spacial score (nSPS) is 10.0. The summed E-state index contributed by atoms with van der Waals surface area (Å²) >= 11 is 11.7. The van der Waals surface area contributed by atoms with E-state index in [0.29, 0.717) is 28.9 Å². The van der Waals surface area contributed by atoms with Crippen LogP contribution in [0.4, 0.5) is 0 Å². The molecule has 0 fully saturated rings. The molecule has 0 aliphatic carbocycles. The van der Waals surface area contributed by atoms with Crippen molar-refractivity contribution < 1.29 is 19.1 Å². The summed E-state index contributed by atoms with van der Waals surface area (Å²) in [5.41, 5.74) is 0. The van der Waals surface area contributed by atoms with Crippen LogP contribution in [0.3, 0.4) is 0 Å². The van der Waals surface area contributed by atoms with Crippen LogP contribution >= 0.6 is 23.2 Å². The van der Waals surface area contributed by atoms with Gasteiger partial charge in [-0.3, -0.25) is 9.59 Å². The van der Waals surface area contributed by atoms with Crippen LogP contribution in [-0.4, -0.2) is 45.2 Å². The van der Waals surface area contributed by atoms with Crippen LogP contribution in [-0.2, 0) is 14.3 Å². The van der Waals surface area contributed by atoms with Gasteiger partial charge in [0.15, 0.2) is 6.61 Å². The Morgan fingerprint density at radius 1 is 1.10 bits per heavy atom. The number of halogens is 2. The molecule has 0 spiro atoms.